The van der Waals surface area contributed by atoms with Crippen molar-refractivity contribution in [2.45, 2.75) is 4.90 Å². The van der Waals surface area contributed by atoms with Gasteiger partial charge in [0.05, 0.1) is 5.56 Å². The number of amides is 2. The summed E-state index contributed by atoms with van der Waals surface area (Å²) in [5.74, 6) is -1.32. The molecule has 2 aromatic rings. The smallest absolute Gasteiger partial charge is 0.269 e. The molecule has 0 atom stereocenters. The lowest BCUT2D eigenvalue weighted by atomic mass is 10.2. The highest BCUT2D eigenvalue weighted by atomic mass is 35.5. The van der Waals surface area contributed by atoms with E-state index in [0.717, 1.165) is 0 Å². The van der Waals surface area contributed by atoms with E-state index in [1.54, 1.807) is 30.3 Å². The third kappa shape index (κ3) is 2.80. The van der Waals surface area contributed by atoms with Crippen molar-refractivity contribution in [3.8, 4) is 0 Å². The van der Waals surface area contributed by atoms with Crippen molar-refractivity contribution < 1.29 is 18.0 Å². The van der Waals surface area contributed by atoms with Gasteiger partial charge in [0, 0.05) is 10.7 Å². The summed E-state index contributed by atoms with van der Waals surface area (Å²) in [6.07, 6.45) is 0. The molecule has 1 aliphatic rings. The summed E-state index contributed by atoms with van der Waals surface area (Å²) in [5, 5.41) is 3.04. The molecule has 6 nitrogen and oxygen atoms in total. The Morgan fingerprint density at radius 2 is 1.74 bits per heavy atom. The fraction of sp³-hybridized carbons (Fsp3) is 0.0667. The van der Waals surface area contributed by atoms with Crippen LogP contribution in [0.1, 0.15) is 10.4 Å². The fourth-order valence-corrected chi connectivity index (χ4v) is 3.90. The summed E-state index contributed by atoms with van der Waals surface area (Å²) in [6, 6.07) is 12.2. The number of rotatable bonds is 3. The molecule has 118 valence electrons. The molecule has 1 aliphatic heterocycles. The third-order valence-corrected chi connectivity index (χ3v) is 5.37. The predicted octanol–water partition coefficient (Wildman–Crippen LogP) is 2.12. The van der Waals surface area contributed by atoms with Gasteiger partial charge in [-0.15, -0.1) is 0 Å². The van der Waals surface area contributed by atoms with Gasteiger partial charge in [0.1, 0.15) is 11.4 Å². The zero-order chi connectivity index (χ0) is 16.6. The molecule has 0 saturated carbocycles. The lowest BCUT2D eigenvalue weighted by molar-refractivity contribution is -0.116. The molecule has 0 saturated heterocycles. The number of carbonyl (C=O) groups is 2. The van der Waals surface area contributed by atoms with Crippen LogP contribution in [0.4, 0.5) is 5.69 Å². The zero-order valence-electron chi connectivity index (χ0n) is 11.7. The second-order valence-electron chi connectivity index (χ2n) is 4.87. The summed E-state index contributed by atoms with van der Waals surface area (Å²) >= 11 is 5.75. The number of halogens is 1. The Morgan fingerprint density at radius 1 is 1.09 bits per heavy atom. The molecular formula is C15H11ClN2O4S. The first kappa shape index (κ1) is 15.5. The molecular weight excluding hydrogens is 340 g/mol. The maximum absolute atomic E-state index is 12.3. The lowest BCUT2D eigenvalue weighted by Crippen LogP contribution is -2.37. The molecule has 1 heterocycles. The van der Waals surface area contributed by atoms with Crippen LogP contribution in [0.3, 0.4) is 0 Å². The highest BCUT2D eigenvalue weighted by Crippen LogP contribution is 2.29. The van der Waals surface area contributed by atoms with Crippen LogP contribution >= 0.6 is 11.6 Å². The molecule has 1 N–H and O–H groups in total. The predicted molar refractivity (Wildman–Crippen MR) is 84.7 cm³/mol. The number of sulfonamides is 1. The Kier molecular flexibility index (Phi) is 3.83. The van der Waals surface area contributed by atoms with Crippen LogP contribution in [-0.4, -0.2) is 31.1 Å². The second-order valence-corrected chi connectivity index (χ2v) is 7.14. The number of anilines is 1. The summed E-state index contributed by atoms with van der Waals surface area (Å²) < 4.78 is 25.2. The van der Waals surface area contributed by atoms with Crippen molar-refractivity contribution in [2.75, 3.05) is 11.9 Å². The SMILES string of the molecule is O=C(CN1C(=O)c2ccccc2S1(=O)=O)Nc1ccc(Cl)cc1. The van der Waals surface area contributed by atoms with Gasteiger partial charge in [-0.05, 0) is 36.4 Å². The van der Waals surface area contributed by atoms with E-state index in [1.807, 2.05) is 0 Å². The van der Waals surface area contributed by atoms with E-state index < -0.39 is 28.4 Å². The topological polar surface area (TPSA) is 83.6 Å². The molecule has 8 heteroatoms. The average Bonchev–Trinajstić information content (AvgIpc) is 2.71. The number of hydrogen-bond acceptors (Lipinski definition) is 4. The van der Waals surface area contributed by atoms with Gasteiger partial charge in [-0.25, -0.2) is 12.7 Å². The molecule has 2 amide bonds. The third-order valence-electron chi connectivity index (χ3n) is 3.33. The number of fused-ring (bicyclic) bond motifs is 1. The van der Waals surface area contributed by atoms with Gasteiger partial charge in [0.2, 0.25) is 5.91 Å². The summed E-state index contributed by atoms with van der Waals surface area (Å²) in [6.45, 7) is -0.585. The van der Waals surface area contributed by atoms with E-state index in [4.69, 9.17) is 11.6 Å². The highest BCUT2D eigenvalue weighted by Gasteiger charge is 2.41. The van der Waals surface area contributed by atoms with Crippen LogP contribution in [0, 0.1) is 0 Å². The molecule has 2 aromatic carbocycles. The number of nitrogens with one attached hydrogen (secondary N) is 1. The van der Waals surface area contributed by atoms with Gasteiger partial charge >= 0.3 is 0 Å². The molecule has 0 unspecified atom stereocenters. The molecule has 0 radical (unpaired) electrons. The van der Waals surface area contributed by atoms with Crippen LogP contribution < -0.4 is 5.32 Å². The van der Waals surface area contributed by atoms with Gasteiger partial charge in [0.25, 0.3) is 15.9 Å². The maximum atomic E-state index is 12.3. The zero-order valence-corrected chi connectivity index (χ0v) is 13.3. The number of hydrogen-bond donors (Lipinski definition) is 1. The highest BCUT2D eigenvalue weighted by molar-refractivity contribution is 7.90. The minimum atomic E-state index is -3.99. The second kappa shape index (κ2) is 5.68. The van der Waals surface area contributed by atoms with Crippen LogP contribution in [0.5, 0.6) is 0 Å². The van der Waals surface area contributed by atoms with Gasteiger partial charge in [-0.2, -0.15) is 0 Å². The Morgan fingerprint density at radius 3 is 2.39 bits per heavy atom. The van der Waals surface area contributed by atoms with E-state index in [1.165, 1.54) is 18.2 Å². The van der Waals surface area contributed by atoms with E-state index in [-0.39, 0.29) is 10.5 Å². The van der Waals surface area contributed by atoms with Crippen molar-refractivity contribution in [1.29, 1.82) is 0 Å². The van der Waals surface area contributed by atoms with Crippen molar-refractivity contribution in [3.63, 3.8) is 0 Å². The Hall–Kier alpha value is -2.38. The van der Waals surface area contributed by atoms with E-state index in [2.05, 4.69) is 5.32 Å². The molecule has 3 rings (SSSR count). The van der Waals surface area contributed by atoms with Crippen LogP contribution in [0.2, 0.25) is 5.02 Å². The van der Waals surface area contributed by atoms with Gasteiger partial charge in [0.15, 0.2) is 0 Å². The Bertz CT molecular complexity index is 894. The first-order valence-electron chi connectivity index (χ1n) is 6.61. The maximum Gasteiger partial charge on any atom is 0.269 e. The van der Waals surface area contributed by atoms with Crippen LogP contribution in [0.15, 0.2) is 53.4 Å². The largest absolute Gasteiger partial charge is 0.325 e. The standard InChI is InChI=1S/C15H11ClN2O4S/c16-10-5-7-11(8-6-10)17-14(19)9-18-15(20)12-3-1-2-4-13(12)23(18,21)22/h1-8H,9H2,(H,17,19). The van der Waals surface area contributed by atoms with E-state index >= 15 is 0 Å². The molecule has 23 heavy (non-hydrogen) atoms. The summed E-state index contributed by atoms with van der Waals surface area (Å²) in [5.41, 5.74) is 0.535. The minimum absolute atomic E-state index is 0.0757. The van der Waals surface area contributed by atoms with Crippen molar-refractivity contribution in [3.05, 3.63) is 59.1 Å². The first-order chi connectivity index (χ1) is 10.9. The first-order valence-corrected chi connectivity index (χ1v) is 8.43. The number of nitrogens with zero attached hydrogens (tertiary/aromatic N) is 1. The van der Waals surface area contributed by atoms with Crippen molar-refractivity contribution in [2.24, 2.45) is 0 Å². The normalized spacial score (nSPS) is 15.3. The van der Waals surface area contributed by atoms with Crippen molar-refractivity contribution in [1.82, 2.24) is 4.31 Å². The monoisotopic (exact) mass is 350 g/mol. The molecule has 0 fully saturated rings. The lowest BCUT2D eigenvalue weighted by Gasteiger charge is -2.14. The number of carbonyl (C=O) groups excluding carboxylic acids is 2. The molecule has 0 bridgehead atoms. The fourth-order valence-electron chi connectivity index (χ4n) is 2.25. The Balaban J connectivity index is 1.80. The van der Waals surface area contributed by atoms with Crippen LogP contribution in [-0.2, 0) is 14.8 Å². The minimum Gasteiger partial charge on any atom is -0.325 e. The molecule has 0 aliphatic carbocycles. The van der Waals surface area contributed by atoms with Crippen molar-refractivity contribution >= 4 is 39.1 Å². The molecule has 0 aromatic heterocycles. The van der Waals surface area contributed by atoms with E-state index in [9.17, 15) is 18.0 Å². The van der Waals surface area contributed by atoms with Gasteiger partial charge in [-0.1, -0.05) is 23.7 Å². The van der Waals surface area contributed by atoms with Crippen LogP contribution in [0.25, 0.3) is 0 Å². The summed E-state index contributed by atoms with van der Waals surface area (Å²) in [7, 11) is -3.99. The van der Waals surface area contributed by atoms with E-state index in [0.29, 0.717) is 15.0 Å². The summed E-state index contributed by atoms with van der Waals surface area (Å²) in [4.78, 5) is 24.2. The average molecular weight is 351 g/mol. The Labute approximate surface area is 137 Å². The van der Waals surface area contributed by atoms with Gasteiger partial charge in [-0.3, -0.25) is 9.59 Å². The van der Waals surface area contributed by atoms with Gasteiger partial charge < -0.3 is 5.32 Å². The quantitative estimate of drug-likeness (QED) is 0.919. The molecule has 0 spiro atoms. The number of benzene rings is 2.